The molecule has 0 spiro atoms. The molecule has 1 heterocycles. The van der Waals surface area contributed by atoms with Crippen LogP contribution in [0, 0.1) is 0 Å². The van der Waals surface area contributed by atoms with Gasteiger partial charge in [-0.1, -0.05) is 18.7 Å². The molecule has 1 aromatic heterocycles. The van der Waals surface area contributed by atoms with Crippen LogP contribution in [0.4, 0.5) is 5.69 Å². The zero-order valence-corrected chi connectivity index (χ0v) is 10.6. The number of carbonyl (C=O) groups is 1. The van der Waals surface area contributed by atoms with E-state index in [4.69, 9.17) is 4.74 Å². The molecule has 0 bridgehead atoms. The Morgan fingerprint density at radius 1 is 1.33 bits per heavy atom. The number of nitrogens with one attached hydrogen (secondary N) is 1. The largest absolute Gasteiger partial charge is 0.490 e. The van der Waals surface area contributed by atoms with Crippen LogP contribution in [0.25, 0.3) is 0 Å². The van der Waals surface area contributed by atoms with Crippen LogP contribution in [0.15, 0.2) is 54.4 Å². The molecular weight excluding hydrogens is 246 g/mol. The summed E-state index contributed by atoms with van der Waals surface area (Å²) >= 11 is 1.42. The van der Waals surface area contributed by atoms with Crippen molar-refractivity contribution >= 4 is 22.9 Å². The second-order valence-corrected chi connectivity index (χ2v) is 4.50. The first-order chi connectivity index (χ1) is 8.79. The van der Waals surface area contributed by atoms with Crippen molar-refractivity contribution < 1.29 is 9.53 Å². The number of thiophene rings is 1. The SMILES string of the molecule is C=CCOc1ccc(NC(=O)c2cccs2)cc1. The zero-order chi connectivity index (χ0) is 12.8. The molecule has 1 aromatic carbocycles. The molecular formula is C14H13NO2S. The number of hydrogen-bond donors (Lipinski definition) is 1. The summed E-state index contributed by atoms with van der Waals surface area (Å²) in [4.78, 5) is 12.5. The molecule has 1 amide bonds. The molecule has 0 atom stereocenters. The summed E-state index contributed by atoms with van der Waals surface area (Å²) in [5.74, 6) is 0.661. The summed E-state index contributed by atoms with van der Waals surface area (Å²) in [5.41, 5.74) is 0.749. The number of ether oxygens (including phenoxy) is 1. The van der Waals surface area contributed by atoms with Crippen molar-refractivity contribution in [3.63, 3.8) is 0 Å². The van der Waals surface area contributed by atoms with E-state index in [0.717, 1.165) is 11.4 Å². The van der Waals surface area contributed by atoms with Gasteiger partial charge in [0.05, 0.1) is 4.88 Å². The van der Waals surface area contributed by atoms with Crippen LogP contribution < -0.4 is 10.1 Å². The molecule has 0 saturated heterocycles. The fraction of sp³-hybridized carbons (Fsp3) is 0.0714. The molecule has 0 aliphatic carbocycles. The van der Waals surface area contributed by atoms with Gasteiger partial charge in [0, 0.05) is 5.69 Å². The molecule has 3 nitrogen and oxygen atoms in total. The van der Waals surface area contributed by atoms with Crippen molar-refractivity contribution in [1.82, 2.24) is 0 Å². The van der Waals surface area contributed by atoms with Crippen molar-refractivity contribution in [2.75, 3.05) is 11.9 Å². The second-order valence-electron chi connectivity index (χ2n) is 3.56. The fourth-order valence-electron chi connectivity index (χ4n) is 1.39. The Morgan fingerprint density at radius 3 is 2.72 bits per heavy atom. The Kier molecular flexibility index (Phi) is 4.15. The van der Waals surface area contributed by atoms with E-state index in [9.17, 15) is 4.79 Å². The molecule has 0 aliphatic rings. The predicted octanol–water partition coefficient (Wildman–Crippen LogP) is 3.57. The number of benzene rings is 1. The fourth-order valence-corrected chi connectivity index (χ4v) is 2.01. The smallest absolute Gasteiger partial charge is 0.265 e. The van der Waals surface area contributed by atoms with Crippen LogP contribution in [0.2, 0.25) is 0 Å². The van der Waals surface area contributed by atoms with Gasteiger partial charge < -0.3 is 10.1 Å². The highest BCUT2D eigenvalue weighted by atomic mass is 32.1. The summed E-state index contributed by atoms with van der Waals surface area (Å²) in [6.07, 6.45) is 1.69. The minimum Gasteiger partial charge on any atom is -0.490 e. The number of hydrogen-bond acceptors (Lipinski definition) is 3. The molecule has 0 unspecified atom stereocenters. The average Bonchev–Trinajstić information content (AvgIpc) is 2.92. The van der Waals surface area contributed by atoms with Crippen LogP contribution in [0.3, 0.4) is 0 Å². The lowest BCUT2D eigenvalue weighted by Gasteiger charge is -2.06. The number of carbonyl (C=O) groups excluding carboxylic acids is 1. The highest BCUT2D eigenvalue weighted by Crippen LogP contribution is 2.17. The minimum absolute atomic E-state index is 0.0928. The highest BCUT2D eigenvalue weighted by molar-refractivity contribution is 7.12. The summed E-state index contributed by atoms with van der Waals surface area (Å²) < 4.78 is 5.36. The van der Waals surface area contributed by atoms with Crippen LogP contribution in [-0.4, -0.2) is 12.5 Å². The Morgan fingerprint density at radius 2 is 2.11 bits per heavy atom. The maximum atomic E-state index is 11.8. The summed E-state index contributed by atoms with van der Waals surface area (Å²) in [5, 5.41) is 4.70. The number of amides is 1. The van der Waals surface area contributed by atoms with Gasteiger partial charge in [0.25, 0.3) is 5.91 Å². The summed E-state index contributed by atoms with van der Waals surface area (Å²) in [7, 11) is 0. The molecule has 4 heteroatoms. The van der Waals surface area contributed by atoms with Gasteiger partial charge in [-0.15, -0.1) is 11.3 Å². The molecule has 0 aliphatic heterocycles. The van der Waals surface area contributed by atoms with Crippen LogP contribution >= 0.6 is 11.3 Å². The molecule has 0 radical (unpaired) electrons. The van der Waals surface area contributed by atoms with E-state index in [1.807, 2.05) is 35.7 Å². The first kappa shape index (κ1) is 12.4. The standard InChI is InChI=1S/C14H13NO2S/c1-2-9-17-12-7-5-11(6-8-12)15-14(16)13-4-3-10-18-13/h2-8,10H,1,9H2,(H,15,16). The maximum absolute atomic E-state index is 11.8. The third-order valence-corrected chi connectivity index (χ3v) is 3.09. The Balaban J connectivity index is 1.98. The zero-order valence-electron chi connectivity index (χ0n) is 9.76. The lowest BCUT2D eigenvalue weighted by atomic mass is 10.3. The Bertz CT molecular complexity index is 517. The van der Waals surface area contributed by atoms with Gasteiger partial charge in [0.15, 0.2) is 0 Å². The summed E-state index contributed by atoms with van der Waals surface area (Å²) in [6, 6.07) is 10.9. The third-order valence-electron chi connectivity index (χ3n) is 2.23. The highest BCUT2D eigenvalue weighted by Gasteiger charge is 2.06. The van der Waals surface area contributed by atoms with Gasteiger partial charge >= 0.3 is 0 Å². The van der Waals surface area contributed by atoms with Gasteiger partial charge in [-0.25, -0.2) is 0 Å². The third kappa shape index (κ3) is 3.21. The van der Waals surface area contributed by atoms with E-state index >= 15 is 0 Å². The Hall–Kier alpha value is -2.07. The number of rotatable bonds is 5. The minimum atomic E-state index is -0.0928. The van der Waals surface area contributed by atoms with Gasteiger partial charge in [-0.3, -0.25) is 4.79 Å². The average molecular weight is 259 g/mol. The molecule has 18 heavy (non-hydrogen) atoms. The lowest BCUT2D eigenvalue weighted by Crippen LogP contribution is -2.09. The first-order valence-electron chi connectivity index (χ1n) is 5.48. The molecule has 2 aromatic rings. The van der Waals surface area contributed by atoms with E-state index in [2.05, 4.69) is 11.9 Å². The normalized spacial score (nSPS) is 9.78. The molecule has 0 fully saturated rings. The van der Waals surface area contributed by atoms with Crippen LogP contribution in [0.1, 0.15) is 9.67 Å². The van der Waals surface area contributed by atoms with Crippen LogP contribution in [-0.2, 0) is 0 Å². The van der Waals surface area contributed by atoms with Crippen molar-refractivity contribution in [2.45, 2.75) is 0 Å². The van der Waals surface area contributed by atoms with Crippen molar-refractivity contribution in [2.24, 2.45) is 0 Å². The van der Waals surface area contributed by atoms with E-state index < -0.39 is 0 Å². The van der Waals surface area contributed by atoms with Gasteiger partial charge in [0.2, 0.25) is 0 Å². The van der Waals surface area contributed by atoms with Gasteiger partial charge in [-0.05, 0) is 35.7 Å². The van der Waals surface area contributed by atoms with E-state index in [-0.39, 0.29) is 5.91 Å². The molecule has 0 saturated carbocycles. The predicted molar refractivity (Wildman–Crippen MR) is 74.4 cm³/mol. The lowest BCUT2D eigenvalue weighted by molar-refractivity contribution is 0.103. The second kappa shape index (κ2) is 6.02. The first-order valence-corrected chi connectivity index (χ1v) is 6.36. The molecule has 1 N–H and O–H groups in total. The van der Waals surface area contributed by atoms with Crippen LogP contribution in [0.5, 0.6) is 5.75 Å². The topological polar surface area (TPSA) is 38.3 Å². The van der Waals surface area contributed by atoms with E-state index in [1.165, 1.54) is 11.3 Å². The molecule has 92 valence electrons. The van der Waals surface area contributed by atoms with Crippen molar-refractivity contribution in [1.29, 1.82) is 0 Å². The van der Waals surface area contributed by atoms with Crippen molar-refractivity contribution in [3.8, 4) is 5.75 Å². The van der Waals surface area contributed by atoms with Gasteiger partial charge in [-0.2, -0.15) is 0 Å². The quantitative estimate of drug-likeness (QED) is 0.834. The maximum Gasteiger partial charge on any atom is 0.265 e. The number of anilines is 1. The van der Waals surface area contributed by atoms with Crippen molar-refractivity contribution in [3.05, 3.63) is 59.3 Å². The van der Waals surface area contributed by atoms with E-state index in [0.29, 0.717) is 11.5 Å². The molecule has 2 rings (SSSR count). The monoisotopic (exact) mass is 259 g/mol. The Labute approximate surface area is 110 Å². The van der Waals surface area contributed by atoms with Gasteiger partial charge in [0.1, 0.15) is 12.4 Å². The summed E-state index contributed by atoms with van der Waals surface area (Å²) in [6.45, 7) is 4.05. The van der Waals surface area contributed by atoms with E-state index in [1.54, 1.807) is 12.1 Å².